The molecule has 0 bridgehead atoms. The highest BCUT2D eigenvalue weighted by molar-refractivity contribution is 5.80. The van der Waals surface area contributed by atoms with E-state index in [1.807, 2.05) is 54.3 Å². The SMILES string of the molecule is CC[C@@H](C)N(Cc1ccccc1)C(=O)CCn1cnc2c(C)cccc2c1=O. The number of hydrogen-bond donors (Lipinski definition) is 0. The Morgan fingerprint density at radius 2 is 1.89 bits per heavy atom. The summed E-state index contributed by atoms with van der Waals surface area (Å²) in [6.07, 6.45) is 2.71. The van der Waals surface area contributed by atoms with Gasteiger partial charge in [-0.2, -0.15) is 0 Å². The molecule has 0 spiro atoms. The molecule has 0 unspecified atom stereocenters. The van der Waals surface area contributed by atoms with Crippen LogP contribution in [0.5, 0.6) is 0 Å². The number of aryl methyl sites for hydroxylation is 2. The Kier molecular flexibility index (Phi) is 6.24. The summed E-state index contributed by atoms with van der Waals surface area (Å²) in [6, 6.07) is 15.7. The van der Waals surface area contributed by atoms with Gasteiger partial charge < -0.3 is 4.90 Å². The fourth-order valence-corrected chi connectivity index (χ4v) is 3.35. The Morgan fingerprint density at radius 3 is 2.61 bits per heavy atom. The van der Waals surface area contributed by atoms with Crippen LogP contribution in [0.15, 0.2) is 59.7 Å². The molecule has 2 aromatic carbocycles. The van der Waals surface area contributed by atoms with Crippen molar-refractivity contribution in [2.75, 3.05) is 0 Å². The summed E-state index contributed by atoms with van der Waals surface area (Å²) in [7, 11) is 0. The van der Waals surface area contributed by atoms with Crippen LogP contribution < -0.4 is 5.56 Å². The van der Waals surface area contributed by atoms with E-state index in [1.165, 1.54) is 4.57 Å². The Hall–Kier alpha value is -2.95. The topological polar surface area (TPSA) is 55.2 Å². The minimum Gasteiger partial charge on any atom is -0.336 e. The van der Waals surface area contributed by atoms with E-state index in [0.29, 0.717) is 18.5 Å². The molecule has 0 saturated heterocycles. The first-order valence-corrected chi connectivity index (χ1v) is 9.79. The Balaban J connectivity index is 1.76. The summed E-state index contributed by atoms with van der Waals surface area (Å²) in [5.41, 5.74) is 2.71. The van der Waals surface area contributed by atoms with Gasteiger partial charge in [0.05, 0.1) is 17.2 Å². The number of hydrogen-bond acceptors (Lipinski definition) is 3. The molecule has 0 radical (unpaired) electrons. The fraction of sp³-hybridized carbons (Fsp3) is 0.348. The first-order chi connectivity index (χ1) is 13.5. The van der Waals surface area contributed by atoms with Crippen molar-refractivity contribution < 1.29 is 4.79 Å². The van der Waals surface area contributed by atoms with Gasteiger partial charge in [-0.25, -0.2) is 4.98 Å². The van der Waals surface area contributed by atoms with Crippen LogP contribution in [0.25, 0.3) is 10.9 Å². The molecule has 0 saturated carbocycles. The summed E-state index contributed by atoms with van der Waals surface area (Å²) in [6.45, 7) is 6.99. The number of benzene rings is 2. The molecular weight excluding hydrogens is 350 g/mol. The molecule has 3 rings (SSSR count). The van der Waals surface area contributed by atoms with Crippen LogP contribution in [0.1, 0.15) is 37.8 Å². The predicted octanol–water partition coefficient (Wildman–Crippen LogP) is 3.92. The van der Waals surface area contributed by atoms with Crippen molar-refractivity contribution in [1.29, 1.82) is 0 Å². The van der Waals surface area contributed by atoms with Crippen LogP contribution in [0, 0.1) is 6.92 Å². The van der Waals surface area contributed by atoms with Gasteiger partial charge in [0, 0.05) is 25.6 Å². The molecule has 0 aliphatic carbocycles. The molecule has 1 heterocycles. The number of rotatable bonds is 7. The number of para-hydroxylation sites is 1. The lowest BCUT2D eigenvalue weighted by Gasteiger charge is -2.29. The van der Waals surface area contributed by atoms with Crippen LogP contribution in [0.2, 0.25) is 0 Å². The van der Waals surface area contributed by atoms with E-state index in [9.17, 15) is 9.59 Å². The zero-order chi connectivity index (χ0) is 20.1. The van der Waals surface area contributed by atoms with Gasteiger partial charge >= 0.3 is 0 Å². The monoisotopic (exact) mass is 377 g/mol. The van der Waals surface area contributed by atoms with Gasteiger partial charge in [0.25, 0.3) is 5.56 Å². The number of carbonyl (C=O) groups is 1. The van der Waals surface area contributed by atoms with Gasteiger partial charge in [0.1, 0.15) is 0 Å². The van der Waals surface area contributed by atoms with Crippen molar-refractivity contribution in [2.24, 2.45) is 0 Å². The highest BCUT2D eigenvalue weighted by Crippen LogP contribution is 2.14. The fourth-order valence-electron chi connectivity index (χ4n) is 3.35. The van der Waals surface area contributed by atoms with Gasteiger partial charge in [-0.05, 0) is 37.5 Å². The van der Waals surface area contributed by atoms with E-state index < -0.39 is 0 Å². The third kappa shape index (κ3) is 4.30. The molecule has 5 nitrogen and oxygen atoms in total. The van der Waals surface area contributed by atoms with Crippen molar-refractivity contribution in [1.82, 2.24) is 14.5 Å². The summed E-state index contributed by atoms with van der Waals surface area (Å²) in [5.74, 6) is 0.0504. The van der Waals surface area contributed by atoms with Crippen molar-refractivity contribution in [3.05, 3.63) is 76.3 Å². The second-order valence-electron chi connectivity index (χ2n) is 7.23. The normalized spacial score (nSPS) is 12.1. The van der Waals surface area contributed by atoms with E-state index in [4.69, 9.17) is 0 Å². The largest absolute Gasteiger partial charge is 0.336 e. The van der Waals surface area contributed by atoms with Gasteiger partial charge in [-0.1, -0.05) is 49.4 Å². The maximum Gasteiger partial charge on any atom is 0.261 e. The summed E-state index contributed by atoms with van der Waals surface area (Å²) in [5, 5.41) is 0.595. The van der Waals surface area contributed by atoms with Crippen molar-refractivity contribution in [3.63, 3.8) is 0 Å². The predicted molar refractivity (Wildman–Crippen MR) is 112 cm³/mol. The Bertz CT molecular complexity index is 1010. The minimum atomic E-state index is -0.0975. The van der Waals surface area contributed by atoms with Crippen LogP contribution in [-0.4, -0.2) is 26.4 Å². The highest BCUT2D eigenvalue weighted by atomic mass is 16.2. The molecule has 28 heavy (non-hydrogen) atoms. The standard InChI is InChI=1S/C23H27N3O2/c1-4-18(3)26(15-19-10-6-5-7-11-19)21(27)13-14-25-16-24-22-17(2)9-8-12-20(22)23(25)28/h5-12,16,18H,4,13-15H2,1-3H3/t18-/m1/s1. The second kappa shape index (κ2) is 8.83. The van der Waals surface area contributed by atoms with E-state index in [2.05, 4.69) is 18.8 Å². The molecule has 1 aromatic heterocycles. The molecule has 0 aliphatic rings. The van der Waals surface area contributed by atoms with Gasteiger partial charge in [-0.15, -0.1) is 0 Å². The average Bonchev–Trinajstić information content (AvgIpc) is 2.72. The molecule has 3 aromatic rings. The molecule has 0 fully saturated rings. The Morgan fingerprint density at radius 1 is 1.14 bits per heavy atom. The minimum absolute atomic E-state index is 0.0504. The highest BCUT2D eigenvalue weighted by Gasteiger charge is 2.19. The van der Waals surface area contributed by atoms with Crippen LogP contribution in [0.3, 0.4) is 0 Å². The van der Waals surface area contributed by atoms with E-state index in [-0.39, 0.29) is 23.9 Å². The number of nitrogens with zero attached hydrogens (tertiary/aromatic N) is 3. The van der Waals surface area contributed by atoms with Crippen LogP contribution >= 0.6 is 0 Å². The van der Waals surface area contributed by atoms with Gasteiger partial charge in [0.15, 0.2) is 0 Å². The third-order valence-electron chi connectivity index (χ3n) is 5.26. The first-order valence-electron chi connectivity index (χ1n) is 9.79. The molecule has 0 aliphatic heterocycles. The summed E-state index contributed by atoms with van der Waals surface area (Å²) >= 11 is 0. The first kappa shape index (κ1) is 19.8. The van der Waals surface area contributed by atoms with Crippen molar-refractivity contribution in [3.8, 4) is 0 Å². The number of amides is 1. The number of carbonyl (C=O) groups excluding carboxylic acids is 1. The molecule has 146 valence electrons. The molecule has 0 N–H and O–H groups in total. The molecular formula is C23H27N3O2. The van der Waals surface area contributed by atoms with E-state index in [0.717, 1.165) is 23.1 Å². The van der Waals surface area contributed by atoms with Crippen LogP contribution in [-0.2, 0) is 17.9 Å². The lowest BCUT2D eigenvalue weighted by molar-refractivity contribution is -0.134. The molecule has 1 amide bonds. The number of aromatic nitrogens is 2. The average molecular weight is 377 g/mol. The lowest BCUT2D eigenvalue weighted by Crippen LogP contribution is -2.38. The van der Waals surface area contributed by atoms with Crippen molar-refractivity contribution in [2.45, 2.75) is 52.7 Å². The van der Waals surface area contributed by atoms with E-state index >= 15 is 0 Å². The summed E-state index contributed by atoms with van der Waals surface area (Å²) in [4.78, 5) is 32.0. The van der Waals surface area contributed by atoms with E-state index in [1.54, 1.807) is 12.4 Å². The Labute approximate surface area is 165 Å². The quantitative estimate of drug-likeness (QED) is 0.627. The van der Waals surface area contributed by atoms with Gasteiger partial charge in [-0.3, -0.25) is 14.2 Å². The zero-order valence-electron chi connectivity index (χ0n) is 16.8. The molecule has 5 heteroatoms. The van der Waals surface area contributed by atoms with Crippen LogP contribution in [0.4, 0.5) is 0 Å². The maximum absolute atomic E-state index is 12.9. The zero-order valence-corrected chi connectivity index (χ0v) is 16.8. The number of fused-ring (bicyclic) bond motifs is 1. The summed E-state index contributed by atoms with van der Waals surface area (Å²) < 4.78 is 1.54. The van der Waals surface area contributed by atoms with Crippen molar-refractivity contribution >= 4 is 16.8 Å². The molecule has 1 atom stereocenters. The lowest BCUT2D eigenvalue weighted by atomic mass is 10.1. The maximum atomic E-state index is 12.9. The second-order valence-corrected chi connectivity index (χ2v) is 7.23. The smallest absolute Gasteiger partial charge is 0.261 e. The van der Waals surface area contributed by atoms with Gasteiger partial charge in [0.2, 0.25) is 5.91 Å². The third-order valence-corrected chi connectivity index (χ3v) is 5.26.